The van der Waals surface area contributed by atoms with Gasteiger partial charge in [0.25, 0.3) is 0 Å². The van der Waals surface area contributed by atoms with Gasteiger partial charge in [-0.15, -0.1) is 0 Å². The van der Waals surface area contributed by atoms with Crippen LogP contribution in [0, 0.1) is 13.8 Å². The van der Waals surface area contributed by atoms with Crippen LogP contribution in [0.2, 0.25) is 0 Å². The Morgan fingerprint density at radius 2 is 1.54 bits per heavy atom. The van der Waals surface area contributed by atoms with E-state index in [2.05, 4.69) is 20.8 Å². The van der Waals surface area contributed by atoms with E-state index in [1.807, 2.05) is 13.8 Å². The molecule has 3 nitrogen and oxygen atoms in total. The van der Waals surface area contributed by atoms with Gasteiger partial charge in [-0.3, -0.25) is 0 Å². The van der Waals surface area contributed by atoms with E-state index in [1.54, 1.807) is 0 Å². The first-order valence-electron chi connectivity index (χ1n) is 11.5. The van der Waals surface area contributed by atoms with Gasteiger partial charge in [0.05, 0.1) is 6.61 Å². The van der Waals surface area contributed by atoms with Crippen LogP contribution in [0.4, 0.5) is 0 Å². The molecule has 0 aliphatic carbocycles. The zero-order valence-electron chi connectivity index (χ0n) is 19.0. The molecule has 160 valence electrons. The molecule has 0 saturated carbocycles. The van der Waals surface area contributed by atoms with Crippen LogP contribution >= 0.6 is 0 Å². The summed E-state index contributed by atoms with van der Waals surface area (Å²) in [5.41, 5.74) is 3.91. The highest BCUT2D eigenvalue weighted by Crippen LogP contribution is 2.43. The monoisotopic (exact) mass is 390 g/mol. The number of fused-ring (bicyclic) bond motifs is 1. The van der Waals surface area contributed by atoms with Crippen LogP contribution in [0.5, 0.6) is 11.5 Å². The van der Waals surface area contributed by atoms with E-state index >= 15 is 0 Å². The third-order valence-corrected chi connectivity index (χ3v) is 6.18. The molecule has 1 aliphatic rings. The molecule has 0 spiro atoms. The van der Waals surface area contributed by atoms with Gasteiger partial charge in [0.15, 0.2) is 0 Å². The molecule has 1 aromatic carbocycles. The second kappa shape index (κ2) is 11.1. The SMILES string of the molecule is CCCCCCCCCCCOCc1c(O)c(C)c(C)c2c1CCC(C)(C)O2. The summed E-state index contributed by atoms with van der Waals surface area (Å²) in [5.74, 6) is 1.36. The first kappa shape index (κ1) is 23.1. The molecule has 0 atom stereocenters. The highest BCUT2D eigenvalue weighted by Gasteiger charge is 2.31. The Kier molecular flexibility index (Phi) is 9.14. The van der Waals surface area contributed by atoms with Crippen LogP contribution in [-0.2, 0) is 17.8 Å². The first-order chi connectivity index (χ1) is 13.4. The molecule has 0 fully saturated rings. The van der Waals surface area contributed by atoms with E-state index in [-0.39, 0.29) is 5.60 Å². The molecule has 1 N–H and O–H groups in total. The fourth-order valence-electron chi connectivity index (χ4n) is 4.08. The molecule has 2 rings (SSSR count). The van der Waals surface area contributed by atoms with Crippen LogP contribution in [0.3, 0.4) is 0 Å². The van der Waals surface area contributed by atoms with E-state index in [4.69, 9.17) is 9.47 Å². The molecule has 0 amide bonds. The van der Waals surface area contributed by atoms with Gasteiger partial charge in [0.1, 0.15) is 17.1 Å². The van der Waals surface area contributed by atoms with E-state index in [0.29, 0.717) is 12.4 Å². The lowest BCUT2D eigenvalue weighted by Gasteiger charge is -2.35. The molecular weight excluding hydrogens is 348 g/mol. The van der Waals surface area contributed by atoms with Crippen molar-refractivity contribution in [3.63, 3.8) is 0 Å². The van der Waals surface area contributed by atoms with Crippen LogP contribution < -0.4 is 4.74 Å². The summed E-state index contributed by atoms with van der Waals surface area (Å²) in [7, 11) is 0. The van der Waals surface area contributed by atoms with Crippen molar-refractivity contribution in [2.75, 3.05) is 6.61 Å². The Morgan fingerprint density at radius 3 is 2.18 bits per heavy atom. The maximum absolute atomic E-state index is 10.7. The lowest BCUT2D eigenvalue weighted by atomic mass is 9.87. The molecule has 1 aromatic rings. The quantitative estimate of drug-likeness (QED) is 0.385. The highest BCUT2D eigenvalue weighted by molar-refractivity contribution is 5.58. The summed E-state index contributed by atoms with van der Waals surface area (Å²) in [6.45, 7) is 11.8. The number of ether oxygens (including phenoxy) is 2. The lowest BCUT2D eigenvalue weighted by molar-refractivity contribution is 0.0794. The van der Waals surface area contributed by atoms with Crippen molar-refractivity contribution in [3.05, 3.63) is 22.3 Å². The number of phenols is 1. The van der Waals surface area contributed by atoms with Crippen molar-refractivity contribution in [2.45, 2.75) is 117 Å². The van der Waals surface area contributed by atoms with Gasteiger partial charge >= 0.3 is 0 Å². The summed E-state index contributed by atoms with van der Waals surface area (Å²) in [4.78, 5) is 0. The zero-order chi connectivity index (χ0) is 20.6. The fraction of sp³-hybridized carbons (Fsp3) is 0.760. The smallest absolute Gasteiger partial charge is 0.127 e. The van der Waals surface area contributed by atoms with Crippen molar-refractivity contribution < 1.29 is 14.6 Å². The number of aromatic hydroxyl groups is 1. The minimum Gasteiger partial charge on any atom is -0.507 e. The molecule has 1 aliphatic heterocycles. The Bertz CT molecular complexity index is 619. The molecule has 0 unspecified atom stereocenters. The second-order valence-corrected chi connectivity index (χ2v) is 9.13. The molecule has 0 aromatic heterocycles. The maximum atomic E-state index is 10.7. The molecule has 28 heavy (non-hydrogen) atoms. The fourth-order valence-corrected chi connectivity index (χ4v) is 4.08. The Morgan fingerprint density at radius 1 is 0.929 bits per heavy atom. The van der Waals surface area contributed by atoms with E-state index in [9.17, 15) is 5.11 Å². The van der Waals surface area contributed by atoms with Crippen molar-refractivity contribution in [3.8, 4) is 11.5 Å². The second-order valence-electron chi connectivity index (χ2n) is 9.13. The predicted octanol–water partition coefficient (Wildman–Crippen LogP) is 7.16. The number of phenolic OH excluding ortho intramolecular Hbond substituents is 1. The van der Waals surface area contributed by atoms with Gasteiger partial charge in [0.2, 0.25) is 0 Å². The summed E-state index contributed by atoms with van der Waals surface area (Å²) in [6, 6.07) is 0. The van der Waals surface area contributed by atoms with Crippen LogP contribution in [0.1, 0.15) is 107 Å². The third-order valence-electron chi connectivity index (χ3n) is 6.18. The van der Waals surface area contributed by atoms with Crippen molar-refractivity contribution in [1.29, 1.82) is 0 Å². The van der Waals surface area contributed by atoms with Crippen LogP contribution in [0.25, 0.3) is 0 Å². The van der Waals surface area contributed by atoms with E-state index in [1.165, 1.54) is 51.4 Å². The van der Waals surface area contributed by atoms with Crippen molar-refractivity contribution in [1.82, 2.24) is 0 Å². The average molecular weight is 391 g/mol. The molecule has 0 bridgehead atoms. The zero-order valence-corrected chi connectivity index (χ0v) is 19.0. The molecule has 0 radical (unpaired) electrons. The average Bonchev–Trinajstić information content (AvgIpc) is 2.66. The van der Waals surface area contributed by atoms with E-state index < -0.39 is 0 Å². The first-order valence-corrected chi connectivity index (χ1v) is 11.5. The lowest BCUT2D eigenvalue weighted by Crippen LogP contribution is -2.33. The van der Waals surface area contributed by atoms with Gasteiger partial charge in [-0.2, -0.15) is 0 Å². The predicted molar refractivity (Wildman–Crippen MR) is 117 cm³/mol. The topological polar surface area (TPSA) is 38.7 Å². The molecular formula is C25H42O3. The van der Waals surface area contributed by atoms with Crippen molar-refractivity contribution in [2.24, 2.45) is 0 Å². The number of hydrogen-bond donors (Lipinski definition) is 1. The molecule has 3 heteroatoms. The largest absolute Gasteiger partial charge is 0.507 e. The van der Waals surface area contributed by atoms with Gasteiger partial charge in [-0.1, -0.05) is 58.3 Å². The van der Waals surface area contributed by atoms with E-state index in [0.717, 1.165) is 53.9 Å². The summed E-state index contributed by atoms with van der Waals surface area (Å²) in [6.07, 6.45) is 13.8. The highest BCUT2D eigenvalue weighted by atomic mass is 16.5. The van der Waals surface area contributed by atoms with Crippen LogP contribution in [-0.4, -0.2) is 17.3 Å². The number of rotatable bonds is 12. The maximum Gasteiger partial charge on any atom is 0.127 e. The Hall–Kier alpha value is -1.22. The van der Waals surface area contributed by atoms with Gasteiger partial charge in [0, 0.05) is 17.7 Å². The summed E-state index contributed by atoms with van der Waals surface area (Å²) >= 11 is 0. The Balaban J connectivity index is 1.78. The standard InChI is InChI=1S/C25H42O3/c1-6-7-8-9-10-11-12-13-14-17-27-18-22-21-15-16-25(4,5)28-24(21)20(3)19(2)23(22)26/h26H,6-18H2,1-5H3. The normalized spacial score (nSPS) is 15.3. The summed E-state index contributed by atoms with van der Waals surface area (Å²) in [5, 5.41) is 10.7. The molecule has 0 saturated heterocycles. The Labute approximate surface area is 172 Å². The number of unbranched alkanes of at least 4 members (excludes halogenated alkanes) is 8. The summed E-state index contributed by atoms with van der Waals surface area (Å²) < 4.78 is 12.2. The van der Waals surface area contributed by atoms with Gasteiger partial charge in [-0.25, -0.2) is 0 Å². The third kappa shape index (κ3) is 6.40. The minimum atomic E-state index is -0.143. The van der Waals surface area contributed by atoms with Crippen LogP contribution in [0.15, 0.2) is 0 Å². The van der Waals surface area contributed by atoms with Crippen molar-refractivity contribution >= 4 is 0 Å². The van der Waals surface area contributed by atoms with Gasteiger partial charge < -0.3 is 14.6 Å². The minimum absolute atomic E-state index is 0.143. The molecule has 1 heterocycles. The number of hydrogen-bond acceptors (Lipinski definition) is 3. The van der Waals surface area contributed by atoms with Gasteiger partial charge in [-0.05, 0) is 58.1 Å². The number of benzene rings is 1.